The standard InChI is InChI=1S/C25H23N5O3/c1-16(31)30-14-10-17(11-15-30)22-25(27-13-12-26-22)33-19-8-6-18(7-9-19)23(32)24-28-20-4-2-3-5-21(20)29-24/h2-9,12-13,17H,10-11,14-15H2,1H3,(H,28,29)/i1D3. The van der Waals surface area contributed by atoms with Crippen molar-refractivity contribution in [2.45, 2.75) is 25.6 Å². The van der Waals surface area contributed by atoms with Gasteiger partial charge in [0.05, 0.1) is 11.0 Å². The Morgan fingerprint density at radius 2 is 1.82 bits per heavy atom. The number of rotatable bonds is 5. The zero-order chi connectivity index (χ0) is 25.3. The molecule has 0 bridgehead atoms. The normalized spacial score (nSPS) is 16.1. The van der Waals surface area contributed by atoms with E-state index in [9.17, 15) is 9.59 Å². The Labute approximate surface area is 194 Å². The lowest BCUT2D eigenvalue weighted by molar-refractivity contribution is -0.129. The van der Waals surface area contributed by atoms with Gasteiger partial charge in [0.2, 0.25) is 17.6 Å². The third-order valence-corrected chi connectivity index (χ3v) is 5.80. The van der Waals surface area contributed by atoms with Crippen molar-refractivity contribution >= 4 is 22.7 Å². The van der Waals surface area contributed by atoms with E-state index in [1.807, 2.05) is 24.3 Å². The van der Waals surface area contributed by atoms with Crippen LogP contribution >= 0.6 is 0 Å². The maximum absolute atomic E-state index is 12.9. The van der Waals surface area contributed by atoms with E-state index in [2.05, 4.69) is 19.9 Å². The number of H-pyrrole nitrogens is 1. The number of carbonyl (C=O) groups is 2. The highest BCUT2D eigenvalue weighted by Gasteiger charge is 2.26. The van der Waals surface area contributed by atoms with Crippen LogP contribution < -0.4 is 4.74 Å². The van der Waals surface area contributed by atoms with Crippen molar-refractivity contribution in [3.63, 3.8) is 0 Å². The maximum atomic E-state index is 12.9. The van der Waals surface area contributed by atoms with Gasteiger partial charge in [0.1, 0.15) is 11.4 Å². The lowest BCUT2D eigenvalue weighted by Crippen LogP contribution is -2.36. The first-order valence-electron chi connectivity index (χ1n) is 12.2. The Bertz CT molecular complexity index is 1380. The number of piperidine rings is 1. The number of aromatic nitrogens is 4. The smallest absolute Gasteiger partial charge is 0.241 e. The summed E-state index contributed by atoms with van der Waals surface area (Å²) in [5.74, 6) is 0.0280. The van der Waals surface area contributed by atoms with Gasteiger partial charge in [-0.05, 0) is 49.2 Å². The molecule has 1 aliphatic heterocycles. The van der Waals surface area contributed by atoms with E-state index in [4.69, 9.17) is 8.85 Å². The summed E-state index contributed by atoms with van der Waals surface area (Å²) >= 11 is 0. The number of imidazole rings is 1. The van der Waals surface area contributed by atoms with E-state index in [1.54, 1.807) is 30.5 Å². The molecule has 166 valence electrons. The molecule has 1 aliphatic rings. The molecule has 2 aromatic carbocycles. The van der Waals surface area contributed by atoms with Crippen LogP contribution in [0, 0.1) is 0 Å². The lowest BCUT2D eigenvalue weighted by Gasteiger charge is -2.31. The molecule has 0 spiro atoms. The Balaban J connectivity index is 1.27. The predicted octanol–water partition coefficient (Wildman–Crippen LogP) is 4.10. The van der Waals surface area contributed by atoms with E-state index in [1.165, 1.54) is 11.1 Å². The number of nitrogens with one attached hydrogen (secondary N) is 1. The first-order chi connectivity index (χ1) is 17.3. The van der Waals surface area contributed by atoms with Gasteiger partial charge in [-0.15, -0.1) is 0 Å². The number of benzene rings is 2. The molecule has 4 aromatic rings. The molecule has 5 rings (SSSR count). The number of hydrogen-bond donors (Lipinski definition) is 1. The monoisotopic (exact) mass is 444 g/mol. The summed E-state index contributed by atoms with van der Waals surface area (Å²) in [6.45, 7) is -1.97. The summed E-state index contributed by atoms with van der Waals surface area (Å²) in [4.78, 5) is 42.5. The Hall–Kier alpha value is -4.07. The number of nitrogens with zero attached hydrogens (tertiary/aromatic N) is 4. The molecule has 0 unspecified atom stereocenters. The van der Waals surface area contributed by atoms with Crippen LogP contribution in [0.4, 0.5) is 0 Å². The molecular weight excluding hydrogens is 418 g/mol. The molecular formula is C25H23N5O3. The first-order valence-corrected chi connectivity index (χ1v) is 10.7. The van der Waals surface area contributed by atoms with Gasteiger partial charge in [-0.1, -0.05) is 12.1 Å². The summed E-state index contributed by atoms with van der Waals surface area (Å²) in [5, 5.41) is 0. The molecule has 0 aliphatic carbocycles. The van der Waals surface area contributed by atoms with Crippen LogP contribution in [-0.4, -0.2) is 49.6 Å². The van der Waals surface area contributed by atoms with Crippen molar-refractivity contribution in [2.75, 3.05) is 13.1 Å². The van der Waals surface area contributed by atoms with E-state index in [0.717, 1.165) is 11.0 Å². The third kappa shape index (κ3) is 4.32. The van der Waals surface area contributed by atoms with Crippen LogP contribution in [0.3, 0.4) is 0 Å². The first kappa shape index (κ1) is 17.5. The second kappa shape index (κ2) is 8.82. The molecule has 3 heterocycles. The Morgan fingerprint density at radius 1 is 1.06 bits per heavy atom. The molecule has 33 heavy (non-hydrogen) atoms. The van der Waals surface area contributed by atoms with Crippen LogP contribution in [0.5, 0.6) is 11.6 Å². The molecule has 1 N–H and O–H groups in total. The van der Waals surface area contributed by atoms with Crippen LogP contribution in [0.15, 0.2) is 60.9 Å². The fourth-order valence-electron chi connectivity index (χ4n) is 4.03. The second-order valence-corrected chi connectivity index (χ2v) is 7.87. The summed E-state index contributed by atoms with van der Waals surface area (Å²) < 4.78 is 28.0. The van der Waals surface area contributed by atoms with Gasteiger partial charge in [-0.2, -0.15) is 0 Å². The number of ether oxygens (including phenoxy) is 1. The van der Waals surface area contributed by atoms with Gasteiger partial charge in [0.25, 0.3) is 0 Å². The molecule has 0 atom stereocenters. The van der Waals surface area contributed by atoms with Gasteiger partial charge in [0, 0.05) is 47.9 Å². The fourth-order valence-corrected chi connectivity index (χ4v) is 4.03. The highest BCUT2D eigenvalue weighted by molar-refractivity contribution is 6.08. The predicted molar refractivity (Wildman–Crippen MR) is 122 cm³/mol. The number of para-hydroxylation sites is 2. The zero-order valence-corrected chi connectivity index (χ0v) is 17.7. The topological polar surface area (TPSA) is 101 Å². The quantitative estimate of drug-likeness (QED) is 0.465. The SMILES string of the molecule is [2H]C([2H])([2H])C(=O)N1CCC(c2nccnc2Oc2ccc(C(=O)c3nc4ccccc4[nH]3)cc2)CC1. The van der Waals surface area contributed by atoms with Crippen molar-refractivity contribution in [1.82, 2.24) is 24.8 Å². The summed E-state index contributed by atoms with van der Waals surface area (Å²) in [6, 6.07) is 14.2. The maximum Gasteiger partial charge on any atom is 0.241 e. The van der Waals surface area contributed by atoms with Gasteiger partial charge in [-0.3, -0.25) is 14.6 Å². The fraction of sp³-hybridized carbons (Fsp3) is 0.240. The van der Waals surface area contributed by atoms with Crippen LogP contribution in [0.25, 0.3) is 11.0 Å². The molecule has 8 heteroatoms. The largest absolute Gasteiger partial charge is 0.437 e. The molecule has 8 nitrogen and oxygen atoms in total. The minimum atomic E-state index is -2.63. The second-order valence-electron chi connectivity index (χ2n) is 7.87. The average molecular weight is 445 g/mol. The third-order valence-electron chi connectivity index (χ3n) is 5.80. The summed E-state index contributed by atoms with van der Waals surface area (Å²) in [7, 11) is 0. The van der Waals surface area contributed by atoms with Crippen molar-refractivity contribution in [3.8, 4) is 11.6 Å². The van der Waals surface area contributed by atoms with Crippen molar-refractivity contribution in [2.24, 2.45) is 0 Å². The highest BCUT2D eigenvalue weighted by atomic mass is 16.5. The minimum absolute atomic E-state index is 0.0247. The van der Waals surface area contributed by atoms with E-state index in [-0.39, 0.29) is 17.5 Å². The van der Waals surface area contributed by atoms with Crippen molar-refractivity contribution in [3.05, 3.63) is 78.0 Å². The van der Waals surface area contributed by atoms with Crippen LogP contribution in [0.1, 0.15) is 51.6 Å². The number of likely N-dealkylation sites (tertiary alicyclic amines) is 1. The lowest BCUT2D eigenvalue weighted by atomic mass is 9.93. The minimum Gasteiger partial charge on any atom is -0.437 e. The molecule has 0 saturated carbocycles. The van der Waals surface area contributed by atoms with Crippen molar-refractivity contribution in [1.29, 1.82) is 0 Å². The van der Waals surface area contributed by atoms with Crippen LogP contribution in [-0.2, 0) is 4.79 Å². The highest BCUT2D eigenvalue weighted by Crippen LogP contribution is 2.33. The van der Waals surface area contributed by atoms with Gasteiger partial charge in [-0.25, -0.2) is 9.97 Å². The van der Waals surface area contributed by atoms with E-state index >= 15 is 0 Å². The Kier molecular flexibility index (Phi) is 4.67. The van der Waals surface area contributed by atoms with Gasteiger partial charge >= 0.3 is 0 Å². The number of carbonyl (C=O) groups excluding carboxylic acids is 2. The Morgan fingerprint density at radius 3 is 2.58 bits per heavy atom. The van der Waals surface area contributed by atoms with Crippen molar-refractivity contribution < 1.29 is 18.4 Å². The van der Waals surface area contributed by atoms with Crippen LogP contribution in [0.2, 0.25) is 0 Å². The van der Waals surface area contributed by atoms with Gasteiger partial charge < -0.3 is 14.6 Å². The number of ketones is 1. The zero-order valence-electron chi connectivity index (χ0n) is 20.7. The summed E-state index contributed by atoms with van der Waals surface area (Å²) in [5.41, 5.74) is 2.64. The number of aromatic amines is 1. The molecule has 1 saturated heterocycles. The summed E-state index contributed by atoms with van der Waals surface area (Å²) in [6.07, 6.45) is 4.23. The average Bonchev–Trinajstić information content (AvgIpc) is 3.33. The van der Waals surface area contributed by atoms with Gasteiger partial charge in [0.15, 0.2) is 5.82 Å². The molecule has 0 radical (unpaired) electrons. The number of fused-ring (bicyclic) bond motifs is 1. The molecule has 1 amide bonds. The van der Waals surface area contributed by atoms with E-state index < -0.39 is 12.8 Å². The number of hydrogen-bond acceptors (Lipinski definition) is 6. The van der Waals surface area contributed by atoms with E-state index in [0.29, 0.717) is 48.8 Å². The molecule has 1 fully saturated rings. The molecule has 2 aromatic heterocycles. The number of amides is 1.